The Bertz CT molecular complexity index is 645. The van der Waals surface area contributed by atoms with Gasteiger partial charge in [0.05, 0.1) is 5.69 Å². The van der Waals surface area contributed by atoms with Crippen LogP contribution in [0.15, 0.2) is 52.7 Å². The van der Waals surface area contributed by atoms with Crippen molar-refractivity contribution >= 4 is 82.6 Å². The average Bonchev–Trinajstić information content (AvgIpc) is 2.63. The molecule has 0 amide bonds. The molecule has 6 nitrogen and oxygen atoms in total. The number of alkyl halides is 3. The zero-order valence-electron chi connectivity index (χ0n) is 15.2. The summed E-state index contributed by atoms with van der Waals surface area (Å²) in [6.07, 6.45) is 0. The number of hydrogen-bond donors (Lipinski definition) is 2. The molecular formula is C17H25Cl5N6. The van der Waals surface area contributed by atoms with Gasteiger partial charge in [0.1, 0.15) is 11.5 Å². The van der Waals surface area contributed by atoms with Gasteiger partial charge in [-0.15, -0.1) is 64.7 Å². The second-order valence-corrected chi connectivity index (χ2v) is 6.22. The van der Waals surface area contributed by atoms with E-state index in [0.717, 1.165) is 25.3 Å². The molecule has 0 radical (unpaired) electrons. The van der Waals surface area contributed by atoms with Crippen LogP contribution < -0.4 is 11.5 Å². The van der Waals surface area contributed by atoms with Gasteiger partial charge in [0.15, 0.2) is 5.82 Å². The van der Waals surface area contributed by atoms with Gasteiger partial charge < -0.3 is 11.5 Å². The maximum absolute atomic E-state index is 5.64. The molecule has 0 bridgehead atoms. The normalized spacial score (nSPS) is 10.0. The van der Waals surface area contributed by atoms with E-state index < -0.39 is 0 Å². The second kappa shape index (κ2) is 18.0. The van der Waals surface area contributed by atoms with Crippen LogP contribution >= 0.6 is 59.6 Å². The minimum atomic E-state index is 0. The van der Waals surface area contributed by atoms with Gasteiger partial charge in [0.25, 0.3) is 0 Å². The molecule has 1 heterocycles. The summed E-state index contributed by atoms with van der Waals surface area (Å²) in [5, 5.41) is 8.03. The zero-order valence-corrected chi connectivity index (χ0v) is 19.1. The molecule has 0 unspecified atom stereocenters. The maximum atomic E-state index is 5.64. The number of rotatable bonds is 8. The van der Waals surface area contributed by atoms with E-state index in [2.05, 4.69) is 20.1 Å². The quantitative estimate of drug-likeness (QED) is 0.377. The molecule has 0 saturated heterocycles. The first-order chi connectivity index (χ1) is 12.6. The van der Waals surface area contributed by atoms with Crippen molar-refractivity contribution in [2.24, 2.45) is 10.2 Å². The van der Waals surface area contributed by atoms with Gasteiger partial charge in [-0.05, 0) is 24.3 Å². The van der Waals surface area contributed by atoms with Crippen molar-refractivity contribution in [3.63, 3.8) is 0 Å². The molecule has 4 N–H and O–H groups in total. The summed E-state index contributed by atoms with van der Waals surface area (Å²) in [4.78, 5) is 6.03. The van der Waals surface area contributed by atoms with Crippen LogP contribution in [0.3, 0.4) is 0 Å². The van der Waals surface area contributed by atoms with Gasteiger partial charge in [0, 0.05) is 37.3 Å². The number of halogens is 5. The molecule has 158 valence electrons. The molecule has 1 aromatic heterocycles. The van der Waals surface area contributed by atoms with E-state index in [1.807, 2.05) is 30.3 Å². The molecule has 2 aromatic rings. The molecular weight excluding hydrogens is 465 g/mol. The third-order valence-electron chi connectivity index (χ3n) is 3.16. The minimum Gasteiger partial charge on any atom is -0.384 e. The number of azo groups is 1. The molecule has 28 heavy (non-hydrogen) atoms. The highest BCUT2D eigenvalue weighted by Crippen LogP contribution is 2.23. The second-order valence-electron chi connectivity index (χ2n) is 5.08. The Hall–Kier alpha value is -1.02. The number of anilines is 2. The highest BCUT2D eigenvalue weighted by molar-refractivity contribution is 6.18. The van der Waals surface area contributed by atoms with Crippen molar-refractivity contribution in [1.29, 1.82) is 0 Å². The lowest BCUT2D eigenvalue weighted by Gasteiger charge is -2.17. The largest absolute Gasteiger partial charge is 0.384 e. The summed E-state index contributed by atoms with van der Waals surface area (Å²) >= 11 is 16.6. The molecule has 1 aromatic carbocycles. The van der Waals surface area contributed by atoms with Crippen molar-refractivity contribution in [3.8, 4) is 0 Å². The van der Waals surface area contributed by atoms with Crippen LogP contribution in [0.5, 0.6) is 0 Å². The van der Waals surface area contributed by atoms with E-state index in [4.69, 9.17) is 46.3 Å². The topological polar surface area (TPSA) is 92.9 Å². The van der Waals surface area contributed by atoms with E-state index in [-0.39, 0.29) is 30.6 Å². The van der Waals surface area contributed by atoms with Crippen LogP contribution in [0.1, 0.15) is 0 Å². The van der Waals surface area contributed by atoms with Crippen molar-refractivity contribution in [1.82, 2.24) is 9.88 Å². The van der Waals surface area contributed by atoms with Gasteiger partial charge >= 0.3 is 0 Å². The van der Waals surface area contributed by atoms with Gasteiger partial charge in [-0.25, -0.2) is 4.98 Å². The molecule has 0 atom stereocenters. The summed E-state index contributed by atoms with van der Waals surface area (Å²) in [6, 6.07) is 12.7. The third-order valence-corrected chi connectivity index (χ3v) is 3.66. The Morgan fingerprint density at radius 2 is 1.32 bits per heavy atom. The Labute approximate surface area is 193 Å². The Morgan fingerprint density at radius 1 is 0.786 bits per heavy atom. The maximum Gasteiger partial charge on any atom is 0.153 e. The van der Waals surface area contributed by atoms with E-state index in [1.165, 1.54) is 0 Å². The fourth-order valence-corrected chi connectivity index (χ4v) is 2.59. The lowest BCUT2D eigenvalue weighted by Crippen LogP contribution is -2.29. The third kappa shape index (κ3) is 12.4. The van der Waals surface area contributed by atoms with Gasteiger partial charge in [-0.2, -0.15) is 5.11 Å². The predicted octanol–water partition coefficient (Wildman–Crippen LogP) is 5.51. The van der Waals surface area contributed by atoms with Gasteiger partial charge in [-0.1, -0.05) is 18.2 Å². The molecule has 0 aliphatic rings. The van der Waals surface area contributed by atoms with E-state index >= 15 is 0 Å². The van der Waals surface area contributed by atoms with Crippen molar-refractivity contribution in [3.05, 3.63) is 42.5 Å². The average molecular weight is 491 g/mol. The first-order valence-corrected chi connectivity index (χ1v) is 9.60. The van der Waals surface area contributed by atoms with Crippen LogP contribution in [0.4, 0.5) is 23.0 Å². The molecule has 0 saturated carbocycles. The van der Waals surface area contributed by atoms with Crippen molar-refractivity contribution in [2.75, 3.05) is 48.7 Å². The fraction of sp³-hybridized carbons (Fsp3) is 0.353. The lowest BCUT2D eigenvalue weighted by molar-refractivity contribution is 0.327. The summed E-state index contributed by atoms with van der Waals surface area (Å²) in [7, 11) is 0. The first kappa shape index (κ1) is 29.2. The number of hydrogen-bond acceptors (Lipinski definition) is 6. The van der Waals surface area contributed by atoms with Gasteiger partial charge in [0.2, 0.25) is 0 Å². The molecule has 0 aliphatic heterocycles. The zero-order chi connectivity index (χ0) is 19.2. The summed E-state index contributed by atoms with van der Waals surface area (Å²) in [5.74, 6) is 2.59. The van der Waals surface area contributed by atoms with Crippen LogP contribution in [0.2, 0.25) is 0 Å². The van der Waals surface area contributed by atoms with Gasteiger partial charge in [-0.3, -0.25) is 4.90 Å². The summed E-state index contributed by atoms with van der Waals surface area (Å²) in [5.41, 5.74) is 12.4. The first-order valence-electron chi connectivity index (χ1n) is 7.99. The van der Waals surface area contributed by atoms with Crippen LogP contribution in [0, 0.1) is 0 Å². The van der Waals surface area contributed by atoms with Crippen LogP contribution in [-0.2, 0) is 0 Å². The summed E-state index contributed by atoms with van der Waals surface area (Å²) < 4.78 is 0. The molecule has 2 rings (SSSR count). The monoisotopic (exact) mass is 488 g/mol. The number of aromatic nitrogens is 1. The number of pyridine rings is 1. The number of nitrogen functional groups attached to an aromatic ring is 2. The molecule has 0 aliphatic carbocycles. The van der Waals surface area contributed by atoms with E-state index in [1.54, 1.807) is 12.1 Å². The smallest absolute Gasteiger partial charge is 0.153 e. The van der Waals surface area contributed by atoms with Crippen LogP contribution in [0.25, 0.3) is 0 Å². The highest BCUT2D eigenvalue weighted by Gasteiger charge is 2.00. The Kier molecular flexibility index (Phi) is 18.8. The number of nitrogens with zero attached hydrogens (tertiary/aromatic N) is 4. The summed E-state index contributed by atoms with van der Waals surface area (Å²) in [6.45, 7) is 2.63. The molecule has 0 spiro atoms. The number of benzene rings is 1. The number of nitrogens with two attached hydrogens (primary N) is 2. The Balaban J connectivity index is 0. The highest BCUT2D eigenvalue weighted by atomic mass is 35.5. The fourth-order valence-electron chi connectivity index (χ4n) is 1.87. The molecule has 0 fully saturated rings. The Morgan fingerprint density at radius 3 is 1.79 bits per heavy atom. The van der Waals surface area contributed by atoms with E-state index in [0.29, 0.717) is 29.1 Å². The van der Waals surface area contributed by atoms with Crippen molar-refractivity contribution < 1.29 is 0 Å². The van der Waals surface area contributed by atoms with E-state index in [9.17, 15) is 0 Å². The standard InChI is InChI=1S/C11H11N5.C6H12Cl3N.2ClH/c12-10-7-6-9(11(13)14-10)16-15-8-4-2-1-3-5-8;7-1-4-10(5-2-8)6-3-9;;/h1-7H,(H4,12,13,14);1-6H2;2*1H. The SMILES string of the molecule is Cl.Cl.ClCCN(CCCl)CCCl.Nc1ccc(N=Nc2ccccc2)c(N)n1. The van der Waals surface area contributed by atoms with Crippen LogP contribution in [-0.4, -0.2) is 47.2 Å². The minimum absolute atomic E-state index is 0. The lowest BCUT2D eigenvalue weighted by atomic mass is 10.3. The van der Waals surface area contributed by atoms with Crippen molar-refractivity contribution in [2.45, 2.75) is 0 Å². The molecule has 11 heteroatoms. The predicted molar refractivity (Wildman–Crippen MR) is 127 cm³/mol.